The summed E-state index contributed by atoms with van der Waals surface area (Å²) < 4.78 is 19.1. The van der Waals surface area contributed by atoms with E-state index in [-0.39, 0.29) is 12.4 Å². The highest BCUT2D eigenvalue weighted by molar-refractivity contribution is 5.94. The Balaban J connectivity index is 2.14. The van der Waals surface area contributed by atoms with E-state index in [1.807, 2.05) is 0 Å². The fourth-order valence-corrected chi connectivity index (χ4v) is 2.15. The Labute approximate surface area is 127 Å². The van der Waals surface area contributed by atoms with Gasteiger partial charge in [0.25, 0.3) is 0 Å². The average molecular weight is 294 g/mol. The number of rotatable bonds is 11. The first-order chi connectivity index (χ1) is 10.1. The molecule has 3 N–H and O–H groups in total. The molecule has 0 bridgehead atoms. The summed E-state index contributed by atoms with van der Waals surface area (Å²) in [5.41, 5.74) is 6.01. The fraction of sp³-hybridized carbons (Fsp3) is 0.588. The molecule has 3 nitrogen and oxygen atoms in total. The SMILES string of the molecule is CCCCCCCCC(F)COc1ccc(C(=N)N)cc1. The lowest BCUT2D eigenvalue weighted by Crippen LogP contribution is -2.13. The minimum atomic E-state index is -0.913. The number of unbranched alkanes of at least 4 members (excludes halogenated alkanes) is 5. The van der Waals surface area contributed by atoms with Crippen LogP contribution in [0.2, 0.25) is 0 Å². The van der Waals surface area contributed by atoms with Crippen molar-refractivity contribution in [3.8, 4) is 5.75 Å². The number of benzene rings is 1. The molecule has 1 unspecified atom stereocenters. The van der Waals surface area contributed by atoms with Crippen LogP contribution in [0.3, 0.4) is 0 Å². The van der Waals surface area contributed by atoms with Crippen LogP contribution in [-0.2, 0) is 0 Å². The van der Waals surface area contributed by atoms with Crippen molar-refractivity contribution >= 4 is 5.84 Å². The molecule has 1 atom stereocenters. The van der Waals surface area contributed by atoms with Gasteiger partial charge in [-0.1, -0.05) is 45.4 Å². The van der Waals surface area contributed by atoms with Crippen molar-refractivity contribution in [2.24, 2.45) is 5.73 Å². The number of hydrogen-bond donors (Lipinski definition) is 2. The van der Waals surface area contributed by atoms with Gasteiger partial charge < -0.3 is 10.5 Å². The molecule has 4 heteroatoms. The second kappa shape index (κ2) is 10.2. The van der Waals surface area contributed by atoms with Gasteiger partial charge in [0.15, 0.2) is 0 Å². The number of nitrogen functional groups attached to an aromatic ring is 1. The maximum atomic E-state index is 13.7. The standard InChI is InChI=1S/C17H27FN2O/c1-2-3-4-5-6-7-8-15(18)13-21-16-11-9-14(10-12-16)17(19)20/h9-12,15H,2-8,13H2,1H3,(H3,19,20). The van der Waals surface area contributed by atoms with Crippen molar-refractivity contribution in [2.45, 2.75) is 58.0 Å². The molecule has 0 aliphatic carbocycles. The molecule has 1 aromatic rings. The van der Waals surface area contributed by atoms with Gasteiger partial charge in [0.1, 0.15) is 24.4 Å². The van der Waals surface area contributed by atoms with Gasteiger partial charge in [-0.2, -0.15) is 0 Å². The molecule has 0 fully saturated rings. The molecule has 0 saturated carbocycles. The van der Waals surface area contributed by atoms with E-state index in [9.17, 15) is 4.39 Å². The monoisotopic (exact) mass is 294 g/mol. The molecule has 0 radical (unpaired) electrons. The van der Waals surface area contributed by atoms with E-state index in [1.165, 1.54) is 25.7 Å². The van der Waals surface area contributed by atoms with Gasteiger partial charge in [0.2, 0.25) is 0 Å². The molecule has 1 rings (SSSR count). The molecule has 0 aromatic heterocycles. The lowest BCUT2D eigenvalue weighted by atomic mass is 10.1. The number of ether oxygens (including phenoxy) is 1. The summed E-state index contributed by atoms with van der Waals surface area (Å²) in [5.74, 6) is 0.638. The fourth-order valence-electron chi connectivity index (χ4n) is 2.15. The number of nitrogens with one attached hydrogen (secondary N) is 1. The summed E-state index contributed by atoms with van der Waals surface area (Å²) in [6, 6.07) is 6.85. The highest BCUT2D eigenvalue weighted by atomic mass is 19.1. The predicted molar refractivity (Wildman–Crippen MR) is 85.8 cm³/mol. The van der Waals surface area contributed by atoms with Crippen LogP contribution >= 0.6 is 0 Å². The summed E-state index contributed by atoms with van der Waals surface area (Å²) in [6.45, 7) is 2.28. The van der Waals surface area contributed by atoms with Crippen LogP contribution < -0.4 is 10.5 Å². The zero-order valence-electron chi connectivity index (χ0n) is 12.9. The first-order valence-electron chi connectivity index (χ1n) is 7.84. The quantitative estimate of drug-likeness (QED) is 0.360. The van der Waals surface area contributed by atoms with Gasteiger partial charge in [-0.05, 0) is 30.7 Å². The van der Waals surface area contributed by atoms with Crippen molar-refractivity contribution in [1.82, 2.24) is 0 Å². The second-order valence-corrected chi connectivity index (χ2v) is 5.40. The third-order valence-electron chi connectivity index (χ3n) is 3.47. The maximum Gasteiger partial charge on any atom is 0.134 e. The van der Waals surface area contributed by atoms with Crippen LogP contribution in [0.1, 0.15) is 57.4 Å². The van der Waals surface area contributed by atoms with Crippen molar-refractivity contribution in [1.29, 1.82) is 5.41 Å². The predicted octanol–water partition coefficient (Wildman–Crippen LogP) is 4.44. The van der Waals surface area contributed by atoms with Crippen LogP contribution in [0.15, 0.2) is 24.3 Å². The first-order valence-corrected chi connectivity index (χ1v) is 7.84. The Morgan fingerprint density at radius 3 is 2.38 bits per heavy atom. The molecule has 0 aliphatic heterocycles. The zero-order valence-corrected chi connectivity index (χ0v) is 12.9. The lowest BCUT2D eigenvalue weighted by molar-refractivity contribution is 0.184. The highest BCUT2D eigenvalue weighted by Gasteiger charge is 2.07. The molecule has 0 saturated heterocycles. The van der Waals surface area contributed by atoms with E-state index in [4.69, 9.17) is 15.9 Å². The summed E-state index contributed by atoms with van der Waals surface area (Å²) in [6.07, 6.45) is 6.66. The van der Waals surface area contributed by atoms with Crippen molar-refractivity contribution < 1.29 is 9.13 Å². The topological polar surface area (TPSA) is 59.1 Å². The van der Waals surface area contributed by atoms with Crippen LogP contribution in [0.4, 0.5) is 4.39 Å². The summed E-state index contributed by atoms with van der Waals surface area (Å²) in [4.78, 5) is 0. The second-order valence-electron chi connectivity index (χ2n) is 5.40. The molecule has 0 amide bonds. The normalized spacial score (nSPS) is 12.1. The summed E-state index contributed by atoms with van der Waals surface area (Å²) >= 11 is 0. The van der Waals surface area contributed by atoms with Crippen LogP contribution in [0.5, 0.6) is 5.75 Å². The Kier molecular flexibility index (Phi) is 8.48. The van der Waals surface area contributed by atoms with E-state index >= 15 is 0 Å². The van der Waals surface area contributed by atoms with Gasteiger partial charge in [-0.15, -0.1) is 0 Å². The molecule has 0 heterocycles. The maximum absolute atomic E-state index is 13.7. The van der Waals surface area contributed by atoms with Crippen LogP contribution in [-0.4, -0.2) is 18.6 Å². The Hall–Kier alpha value is -1.58. The van der Waals surface area contributed by atoms with E-state index in [1.54, 1.807) is 24.3 Å². The summed E-state index contributed by atoms with van der Waals surface area (Å²) in [5, 5.41) is 7.29. The number of hydrogen-bond acceptors (Lipinski definition) is 2. The molecule has 21 heavy (non-hydrogen) atoms. The van der Waals surface area contributed by atoms with Crippen LogP contribution in [0.25, 0.3) is 0 Å². The lowest BCUT2D eigenvalue weighted by Gasteiger charge is -2.11. The van der Waals surface area contributed by atoms with Gasteiger partial charge >= 0.3 is 0 Å². The largest absolute Gasteiger partial charge is 0.491 e. The number of amidine groups is 1. The molecular weight excluding hydrogens is 267 g/mol. The number of alkyl halides is 1. The third kappa shape index (κ3) is 7.69. The minimum absolute atomic E-state index is 0.0213. The molecule has 118 valence electrons. The smallest absolute Gasteiger partial charge is 0.134 e. The van der Waals surface area contributed by atoms with E-state index in [0.717, 1.165) is 12.8 Å². The Bertz CT molecular complexity index is 406. The molecular formula is C17H27FN2O. The Morgan fingerprint density at radius 2 is 1.76 bits per heavy atom. The molecule has 0 aliphatic rings. The average Bonchev–Trinajstić information content (AvgIpc) is 2.49. The summed E-state index contributed by atoms with van der Waals surface area (Å²) in [7, 11) is 0. The van der Waals surface area contributed by atoms with Crippen molar-refractivity contribution in [3.63, 3.8) is 0 Å². The Morgan fingerprint density at radius 1 is 1.14 bits per heavy atom. The third-order valence-corrected chi connectivity index (χ3v) is 3.47. The van der Waals surface area contributed by atoms with Gasteiger partial charge in [-0.25, -0.2) is 4.39 Å². The van der Waals surface area contributed by atoms with E-state index < -0.39 is 6.17 Å². The zero-order chi connectivity index (χ0) is 15.5. The number of halogens is 1. The van der Waals surface area contributed by atoms with E-state index in [0.29, 0.717) is 17.7 Å². The highest BCUT2D eigenvalue weighted by Crippen LogP contribution is 2.15. The molecule has 1 aromatic carbocycles. The molecule has 0 spiro atoms. The first kappa shape index (κ1) is 17.5. The van der Waals surface area contributed by atoms with Gasteiger partial charge in [0.05, 0.1) is 0 Å². The number of nitrogens with two attached hydrogens (primary N) is 1. The van der Waals surface area contributed by atoms with Gasteiger partial charge in [0, 0.05) is 5.56 Å². The van der Waals surface area contributed by atoms with Crippen molar-refractivity contribution in [3.05, 3.63) is 29.8 Å². The van der Waals surface area contributed by atoms with Crippen molar-refractivity contribution in [2.75, 3.05) is 6.61 Å². The van der Waals surface area contributed by atoms with Crippen LogP contribution in [0, 0.1) is 5.41 Å². The van der Waals surface area contributed by atoms with Gasteiger partial charge in [-0.3, -0.25) is 5.41 Å². The minimum Gasteiger partial charge on any atom is -0.491 e. The van der Waals surface area contributed by atoms with E-state index in [2.05, 4.69) is 6.92 Å².